The van der Waals surface area contributed by atoms with Crippen molar-refractivity contribution >= 4 is 22.6 Å². The molecule has 0 saturated carbocycles. The normalized spacial score (nSPS) is 13.7. The molecule has 132 valence electrons. The molecule has 7 nitrogen and oxygen atoms in total. The van der Waals surface area contributed by atoms with E-state index in [1.54, 1.807) is 17.2 Å². The number of aromatic nitrogens is 4. The van der Waals surface area contributed by atoms with Gasteiger partial charge in [-0.1, -0.05) is 18.2 Å². The van der Waals surface area contributed by atoms with Crippen LogP contribution in [0.4, 0.5) is 0 Å². The Morgan fingerprint density at radius 3 is 2.70 bits per heavy atom. The molecule has 0 aliphatic carbocycles. The summed E-state index contributed by atoms with van der Waals surface area (Å²) in [5.74, 6) is -0.225. The van der Waals surface area contributed by atoms with Gasteiger partial charge in [0.15, 0.2) is 0 Å². The van der Waals surface area contributed by atoms with Crippen molar-refractivity contribution in [2.24, 2.45) is 0 Å². The SMILES string of the molecule is O=C(c1cnc2ccccc2n1)N1CCc2nc3ccccn3c(=O)c2C1. The van der Waals surface area contributed by atoms with Gasteiger partial charge in [-0.25, -0.2) is 9.97 Å². The number of nitrogens with zero attached hydrogens (tertiary/aromatic N) is 5. The summed E-state index contributed by atoms with van der Waals surface area (Å²) in [7, 11) is 0. The molecule has 0 unspecified atom stereocenters. The maximum atomic E-state index is 12.9. The standard InChI is InChI=1S/C20H15N5O2/c26-19-13-12-24(10-8-14(13)23-18-7-3-4-9-25(18)19)20(27)17-11-21-15-5-1-2-6-16(15)22-17/h1-7,9,11H,8,10,12H2. The third-order valence-corrected chi connectivity index (χ3v) is 4.84. The Bertz CT molecular complexity index is 1260. The molecule has 0 atom stereocenters. The van der Waals surface area contributed by atoms with E-state index in [-0.39, 0.29) is 23.7 Å². The molecule has 4 aromatic rings. The van der Waals surface area contributed by atoms with E-state index in [0.717, 1.165) is 11.2 Å². The summed E-state index contributed by atoms with van der Waals surface area (Å²) in [5.41, 5.74) is 3.53. The number of fused-ring (bicyclic) bond motifs is 3. The smallest absolute Gasteiger partial charge is 0.274 e. The van der Waals surface area contributed by atoms with E-state index in [0.29, 0.717) is 29.7 Å². The fraction of sp³-hybridized carbons (Fsp3) is 0.150. The lowest BCUT2D eigenvalue weighted by Gasteiger charge is -2.27. The van der Waals surface area contributed by atoms with Crippen molar-refractivity contribution in [3.63, 3.8) is 0 Å². The van der Waals surface area contributed by atoms with Crippen molar-refractivity contribution < 1.29 is 4.79 Å². The number of pyridine rings is 1. The van der Waals surface area contributed by atoms with Gasteiger partial charge in [-0.15, -0.1) is 0 Å². The van der Waals surface area contributed by atoms with E-state index >= 15 is 0 Å². The molecule has 5 rings (SSSR count). The van der Waals surface area contributed by atoms with Crippen molar-refractivity contribution in [2.45, 2.75) is 13.0 Å². The van der Waals surface area contributed by atoms with Crippen LogP contribution in [0.5, 0.6) is 0 Å². The number of hydrogen-bond acceptors (Lipinski definition) is 5. The highest BCUT2D eigenvalue weighted by Gasteiger charge is 2.26. The summed E-state index contributed by atoms with van der Waals surface area (Å²) < 4.78 is 1.52. The summed E-state index contributed by atoms with van der Waals surface area (Å²) in [6.07, 6.45) is 3.73. The average molecular weight is 357 g/mol. The average Bonchev–Trinajstić information content (AvgIpc) is 2.73. The van der Waals surface area contributed by atoms with Crippen molar-refractivity contribution in [3.05, 3.63) is 82.2 Å². The van der Waals surface area contributed by atoms with Crippen LogP contribution in [0.15, 0.2) is 59.7 Å². The van der Waals surface area contributed by atoms with Crippen LogP contribution >= 0.6 is 0 Å². The lowest BCUT2D eigenvalue weighted by Crippen LogP contribution is -2.40. The first-order valence-electron chi connectivity index (χ1n) is 8.71. The maximum absolute atomic E-state index is 12.9. The fourth-order valence-corrected chi connectivity index (χ4v) is 3.44. The molecule has 4 heterocycles. The second kappa shape index (κ2) is 5.98. The zero-order chi connectivity index (χ0) is 18.4. The molecule has 27 heavy (non-hydrogen) atoms. The van der Waals surface area contributed by atoms with Crippen LogP contribution < -0.4 is 5.56 Å². The van der Waals surface area contributed by atoms with E-state index in [4.69, 9.17) is 0 Å². The van der Waals surface area contributed by atoms with Crippen molar-refractivity contribution in [3.8, 4) is 0 Å². The highest BCUT2D eigenvalue weighted by Crippen LogP contribution is 2.18. The van der Waals surface area contributed by atoms with Gasteiger partial charge in [0.05, 0.1) is 35.0 Å². The van der Waals surface area contributed by atoms with Gasteiger partial charge in [0.1, 0.15) is 11.3 Å². The first-order valence-corrected chi connectivity index (χ1v) is 8.71. The Morgan fingerprint density at radius 2 is 1.81 bits per heavy atom. The Morgan fingerprint density at radius 1 is 1.00 bits per heavy atom. The summed E-state index contributed by atoms with van der Waals surface area (Å²) in [5, 5.41) is 0. The number of rotatable bonds is 1. The minimum atomic E-state index is -0.225. The second-order valence-electron chi connectivity index (χ2n) is 6.49. The number of carbonyl (C=O) groups excluding carboxylic acids is 1. The summed E-state index contributed by atoms with van der Waals surface area (Å²) in [6.45, 7) is 0.724. The number of hydrogen-bond donors (Lipinski definition) is 0. The van der Waals surface area contributed by atoms with Gasteiger partial charge >= 0.3 is 0 Å². The number of para-hydroxylation sites is 2. The molecule has 7 heteroatoms. The van der Waals surface area contributed by atoms with Crippen LogP contribution in [-0.4, -0.2) is 36.7 Å². The second-order valence-corrected chi connectivity index (χ2v) is 6.49. The molecule has 1 aliphatic heterocycles. The van der Waals surface area contributed by atoms with Crippen molar-refractivity contribution in [1.82, 2.24) is 24.3 Å². The van der Waals surface area contributed by atoms with Crippen LogP contribution in [-0.2, 0) is 13.0 Å². The van der Waals surface area contributed by atoms with Gasteiger partial charge in [0, 0.05) is 19.2 Å². The zero-order valence-corrected chi connectivity index (χ0v) is 14.4. The Balaban J connectivity index is 1.51. The van der Waals surface area contributed by atoms with Gasteiger partial charge in [0.25, 0.3) is 11.5 Å². The molecule has 0 radical (unpaired) electrons. The highest BCUT2D eigenvalue weighted by atomic mass is 16.2. The monoisotopic (exact) mass is 357 g/mol. The minimum Gasteiger partial charge on any atom is -0.332 e. The third-order valence-electron chi connectivity index (χ3n) is 4.84. The van der Waals surface area contributed by atoms with Crippen LogP contribution in [0.2, 0.25) is 0 Å². The largest absolute Gasteiger partial charge is 0.332 e. The lowest BCUT2D eigenvalue weighted by molar-refractivity contribution is 0.0726. The molecule has 0 fully saturated rings. The van der Waals surface area contributed by atoms with Gasteiger partial charge in [-0.2, -0.15) is 0 Å². The molecule has 0 saturated heterocycles. The lowest BCUT2D eigenvalue weighted by atomic mass is 10.1. The van der Waals surface area contributed by atoms with E-state index in [1.165, 1.54) is 10.6 Å². The molecule has 1 aromatic carbocycles. The van der Waals surface area contributed by atoms with E-state index in [1.807, 2.05) is 36.4 Å². The maximum Gasteiger partial charge on any atom is 0.274 e. The highest BCUT2D eigenvalue weighted by molar-refractivity contribution is 5.93. The van der Waals surface area contributed by atoms with Crippen LogP contribution in [0.3, 0.4) is 0 Å². The molecule has 0 spiro atoms. The Kier molecular flexibility index (Phi) is 3.46. The summed E-state index contributed by atoms with van der Waals surface area (Å²) in [6, 6.07) is 12.9. The molecule has 1 aliphatic rings. The molecular formula is C20H15N5O2. The van der Waals surface area contributed by atoms with Crippen LogP contribution in [0, 0.1) is 0 Å². The first kappa shape index (κ1) is 15.6. The number of carbonyl (C=O) groups is 1. The van der Waals surface area contributed by atoms with Gasteiger partial charge in [-0.05, 0) is 24.3 Å². The molecule has 0 bridgehead atoms. The molecule has 0 N–H and O–H groups in total. The number of amides is 1. The Hall–Kier alpha value is -3.61. The van der Waals surface area contributed by atoms with Gasteiger partial charge < -0.3 is 4.90 Å². The van der Waals surface area contributed by atoms with Crippen molar-refractivity contribution in [2.75, 3.05) is 6.54 Å². The minimum absolute atomic E-state index is 0.127. The zero-order valence-electron chi connectivity index (χ0n) is 14.4. The quantitative estimate of drug-likeness (QED) is 0.519. The first-order chi connectivity index (χ1) is 13.2. The summed E-state index contributed by atoms with van der Waals surface area (Å²) >= 11 is 0. The van der Waals surface area contributed by atoms with E-state index in [2.05, 4.69) is 15.0 Å². The molecular weight excluding hydrogens is 342 g/mol. The predicted octanol–water partition coefficient (Wildman–Crippen LogP) is 1.84. The van der Waals surface area contributed by atoms with Crippen LogP contribution in [0.25, 0.3) is 16.7 Å². The molecule has 3 aromatic heterocycles. The van der Waals surface area contributed by atoms with Crippen molar-refractivity contribution in [1.29, 1.82) is 0 Å². The predicted molar refractivity (Wildman–Crippen MR) is 99.4 cm³/mol. The van der Waals surface area contributed by atoms with Gasteiger partial charge in [-0.3, -0.25) is 19.0 Å². The van der Waals surface area contributed by atoms with E-state index < -0.39 is 0 Å². The topological polar surface area (TPSA) is 80.5 Å². The summed E-state index contributed by atoms with van der Waals surface area (Å²) in [4.78, 5) is 40.7. The molecule has 1 amide bonds. The Labute approximate surface area is 153 Å². The van der Waals surface area contributed by atoms with E-state index in [9.17, 15) is 9.59 Å². The third kappa shape index (κ3) is 2.55. The fourth-order valence-electron chi connectivity index (χ4n) is 3.44. The van der Waals surface area contributed by atoms with Crippen LogP contribution in [0.1, 0.15) is 21.7 Å². The number of benzene rings is 1. The van der Waals surface area contributed by atoms with Gasteiger partial charge in [0.2, 0.25) is 0 Å².